The number of aliphatic hydroxyl groups excluding tert-OH is 1. The number of rotatable bonds is 11. The Labute approximate surface area is 331 Å². The van der Waals surface area contributed by atoms with Crippen molar-refractivity contribution in [3.05, 3.63) is 24.3 Å². The summed E-state index contributed by atoms with van der Waals surface area (Å²) in [6.45, 7) is 13.5. The summed E-state index contributed by atoms with van der Waals surface area (Å²) in [5.41, 5.74) is -0.793. The van der Waals surface area contributed by atoms with E-state index in [9.17, 15) is 19.8 Å². The molecule has 0 aromatic heterocycles. The highest BCUT2D eigenvalue weighted by atomic mass is 16.8. The minimum atomic E-state index is -2.05. The summed E-state index contributed by atoms with van der Waals surface area (Å²) in [6, 6.07) is 0. The second-order valence-electron chi connectivity index (χ2n) is 17.0. The average Bonchev–Trinajstić information content (AvgIpc) is 3.47. The molecule has 5 fully saturated rings. The van der Waals surface area contributed by atoms with E-state index < -0.39 is 115 Å². The van der Waals surface area contributed by atoms with E-state index in [0.717, 1.165) is 0 Å². The minimum absolute atomic E-state index is 0.0810. The van der Waals surface area contributed by atoms with Crippen LogP contribution in [0.15, 0.2) is 24.3 Å². The molecule has 17 atom stereocenters. The fraction of sp³-hybridized carbons (Fsp3) is 0.854. The third kappa shape index (κ3) is 9.61. The number of hydrogen-bond donors (Lipinski definition) is 2. The van der Waals surface area contributed by atoms with E-state index in [1.165, 1.54) is 28.4 Å². The van der Waals surface area contributed by atoms with E-state index in [2.05, 4.69) is 13.8 Å². The van der Waals surface area contributed by atoms with Crippen LogP contribution >= 0.6 is 0 Å². The van der Waals surface area contributed by atoms with Gasteiger partial charge in [0.1, 0.15) is 42.7 Å². The number of ether oxygens (including phenoxy) is 11. The van der Waals surface area contributed by atoms with E-state index in [-0.39, 0.29) is 31.8 Å². The summed E-state index contributed by atoms with van der Waals surface area (Å²) in [4.78, 5) is 27.8. The molecule has 15 heteroatoms. The van der Waals surface area contributed by atoms with Crippen LogP contribution in [0.3, 0.4) is 0 Å². The van der Waals surface area contributed by atoms with Gasteiger partial charge in [-0.15, -0.1) is 0 Å². The smallest absolute Gasteiger partial charge is 0.309 e. The van der Waals surface area contributed by atoms with Crippen molar-refractivity contribution in [2.45, 2.75) is 166 Å². The van der Waals surface area contributed by atoms with E-state index in [4.69, 9.17) is 52.1 Å². The highest BCUT2D eigenvalue weighted by molar-refractivity contribution is 5.86. The van der Waals surface area contributed by atoms with Gasteiger partial charge in [0.2, 0.25) is 5.79 Å². The maximum absolute atomic E-state index is 14.0. The molecule has 0 spiro atoms. The van der Waals surface area contributed by atoms with E-state index in [1.807, 2.05) is 45.1 Å². The number of carbonyl (C=O) groups is 2. The summed E-state index contributed by atoms with van der Waals surface area (Å²) < 4.78 is 67.5. The molecule has 0 unspecified atom stereocenters. The summed E-state index contributed by atoms with van der Waals surface area (Å²) in [5, 5.41) is 22.5. The van der Waals surface area contributed by atoms with Crippen LogP contribution in [0.25, 0.3) is 0 Å². The number of methoxy groups -OCH3 is 4. The molecule has 4 bridgehead atoms. The molecule has 5 aliphatic rings. The zero-order chi connectivity index (χ0) is 41.1. The fourth-order valence-corrected chi connectivity index (χ4v) is 8.54. The molecule has 0 aliphatic carbocycles. The molecule has 56 heavy (non-hydrogen) atoms. The predicted molar refractivity (Wildman–Crippen MR) is 200 cm³/mol. The van der Waals surface area contributed by atoms with Gasteiger partial charge in [-0.2, -0.15) is 0 Å². The van der Waals surface area contributed by atoms with Gasteiger partial charge in [0, 0.05) is 58.5 Å². The van der Waals surface area contributed by atoms with E-state index in [1.54, 1.807) is 13.8 Å². The summed E-state index contributed by atoms with van der Waals surface area (Å²) in [7, 11) is 6.02. The first-order chi connectivity index (χ1) is 26.5. The molecule has 5 aliphatic heterocycles. The van der Waals surface area contributed by atoms with Crippen molar-refractivity contribution < 1.29 is 71.9 Å². The van der Waals surface area contributed by atoms with Gasteiger partial charge in [0.25, 0.3) is 0 Å². The maximum Gasteiger partial charge on any atom is 0.309 e. The van der Waals surface area contributed by atoms with Gasteiger partial charge in [0.15, 0.2) is 18.4 Å². The average molecular weight is 799 g/mol. The molecule has 320 valence electrons. The Balaban J connectivity index is 1.40. The van der Waals surface area contributed by atoms with Crippen molar-refractivity contribution in [3.63, 3.8) is 0 Å². The molecule has 2 N–H and O–H groups in total. The number of aliphatic hydroxyl groups is 2. The van der Waals surface area contributed by atoms with Crippen LogP contribution in [0.5, 0.6) is 0 Å². The van der Waals surface area contributed by atoms with Crippen molar-refractivity contribution in [1.29, 1.82) is 0 Å². The van der Waals surface area contributed by atoms with Gasteiger partial charge in [-0.25, -0.2) is 0 Å². The molecule has 0 radical (unpaired) electrons. The van der Waals surface area contributed by atoms with Crippen molar-refractivity contribution in [2.75, 3.05) is 35.0 Å². The molecule has 5 rings (SSSR count). The Bertz CT molecular complexity index is 1370. The second-order valence-corrected chi connectivity index (χ2v) is 17.0. The largest absolute Gasteiger partial charge is 0.457 e. The Morgan fingerprint density at radius 2 is 1.50 bits per heavy atom. The van der Waals surface area contributed by atoms with Crippen molar-refractivity contribution in [1.82, 2.24) is 0 Å². The minimum Gasteiger partial charge on any atom is -0.457 e. The molecule has 0 aromatic rings. The number of esters is 1. The second kappa shape index (κ2) is 19.0. The maximum atomic E-state index is 14.0. The summed E-state index contributed by atoms with van der Waals surface area (Å²) in [5.74, 6) is -3.57. The number of carbonyl (C=O) groups excluding carboxylic acids is 2. The molecular weight excluding hydrogens is 732 g/mol. The SMILES string of the molecule is CO[C@@H]1[C@H](O[C@@H]2[C@@H](OC)[C@H](O[C@H]3C[C@H]4CC(=O)[C@@]5(O)O[C@H](C[C@H]5C)C(C)(C)[C@@H](/C=C/C=C/C(C)C)OC(=O)C[C@H](O4)[C@@H]3C)OC[C@H]2OC)O[C@@H](C)[C@@H](O)[C@@H]1OC. The van der Waals surface area contributed by atoms with Gasteiger partial charge in [-0.3, -0.25) is 9.59 Å². The van der Waals surface area contributed by atoms with Crippen LogP contribution in [0.2, 0.25) is 0 Å². The Kier molecular flexibility index (Phi) is 15.4. The normalized spacial score (nSPS) is 45.1. The van der Waals surface area contributed by atoms with Gasteiger partial charge in [-0.05, 0) is 25.3 Å². The zero-order valence-electron chi connectivity index (χ0n) is 34.9. The number of hydrogen-bond acceptors (Lipinski definition) is 15. The molecule has 0 saturated carbocycles. The van der Waals surface area contributed by atoms with Crippen LogP contribution in [-0.2, 0) is 61.7 Å². The van der Waals surface area contributed by atoms with Crippen molar-refractivity contribution in [3.8, 4) is 0 Å². The number of cyclic esters (lactones) is 1. The quantitative estimate of drug-likeness (QED) is 0.230. The number of allylic oxidation sites excluding steroid dienone is 3. The third-order valence-electron chi connectivity index (χ3n) is 12.3. The monoisotopic (exact) mass is 798 g/mol. The zero-order valence-corrected chi connectivity index (χ0v) is 34.9. The first kappa shape index (κ1) is 45.2. The lowest BCUT2D eigenvalue weighted by molar-refractivity contribution is -0.358. The third-order valence-corrected chi connectivity index (χ3v) is 12.3. The van der Waals surface area contributed by atoms with Crippen molar-refractivity contribution in [2.24, 2.45) is 23.2 Å². The fourth-order valence-electron chi connectivity index (χ4n) is 8.54. The first-order valence-electron chi connectivity index (χ1n) is 20.0. The molecule has 15 nitrogen and oxygen atoms in total. The Morgan fingerprint density at radius 1 is 0.821 bits per heavy atom. The lowest BCUT2D eigenvalue weighted by Gasteiger charge is -2.48. The number of ketones is 1. The molecule has 5 heterocycles. The van der Waals surface area contributed by atoms with E-state index >= 15 is 0 Å². The first-order valence-corrected chi connectivity index (χ1v) is 20.0. The predicted octanol–water partition coefficient (Wildman–Crippen LogP) is 3.26. The molecule has 0 aromatic carbocycles. The highest BCUT2D eigenvalue weighted by Crippen LogP contribution is 2.46. The Morgan fingerprint density at radius 3 is 2.14 bits per heavy atom. The number of fused-ring (bicyclic) bond motifs is 4. The van der Waals surface area contributed by atoms with E-state index in [0.29, 0.717) is 12.3 Å². The lowest BCUT2D eigenvalue weighted by atomic mass is 9.77. The highest BCUT2D eigenvalue weighted by Gasteiger charge is 2.57. The lowest BCUT2D eigenvalue weighted by Crippen LogP contribution is -2.63. The molecule has 5 saturated heterocycles. The summed E-state index contributed by atoms with van der Waals surface area (Å²) in [6.07, 6.45) is -2.51. The number of Topliss-reactive ketones (excluding diaryl/α,β-unsaturated/α-hetero) is 1. The van der Waals surface area contributed by atoms with Gasteiger partial charge in [-0.1, -0.05) is 59.8 Å². The Hall–Kier alpha value is -1.86. The molecule has 0 amide bonds. The van der Waals surface area contributed by atoms with Gasteiger partial charge < -0.3 is 62.3 Å². The van der Waals surface area contributed by atoms with Crippen LogP contribution < -0.4 is 0 Å². The van der Waals surface area contributed by atoms with Crippen LogP contribution in [-0.4, -0.2) is 149 Å². The topological polar surface area (TPSA) is 176 Å². The van der Waals surface area contributed by atoms with Gasteiger partial charge in [0.05, 0.1) is 43.5 Å². The molecular formula is C41H66O15. The van der Waals surface area contributed by atoms with Crippen LogP contribution in [0, 0.1) is 23.2 Å². The summed E-state index contributed by atoms with van der Waals surface area (Å²) >= 11 is 0. The van der Waals surface area contributed by atoms with Crippen LogP contribution in [0.1, 0.15) is 74.1 Å². The van der Waals surface area contributed by atoms with Crippen molar-refractivity contribution >= 4 is 11.8 Å². The van der Waals surface area contributed by atoms with Gasteiger partial charge >= 0.3 is 5.97 Å². The standard InChI is InChI=1S/C41H66O15/c1-21(2)14-12-13-15-30-40(6,7)31-16-22(3)41(45,56-31)29(42)18-25-17-26(23(4)27(52-25)19-32(43)54-30)53-38-36(48-10)34(28(46-8)20-50-38)55-39-37(49-11)35(47-9)33(44)24(5)51-39/h12-15,21-28,30-31,33-39,44-45H,16-20H2,1-11H3/b14-12+,15-13+/t22-,23-,24+,25+,26+,27+,28-,30-,31-,33-,34+,35+,36-,37+,38+,39+,41+/m1/s1. The van der Waals surface area contributed by atoms with Crippen LogP contribution in [0.4, 0.5) is 0 Å².